The summed E-state index contributed by atoms with van der Waals surface area (Å²) < 4.78 is 37.5. The van der Waals surface area contributed by atoms with E-state index in [9.17, 15) is 9.50 Å². The van der Waals surface area contributed by atoms with Crippen molar-refractivity contribution in [3.8, 4) is 33.1 Å². The molecule has 0 radical (unpaired) electrons. The van der Waals surface area contributed by atoms with E-state index in [0.717, 1.165) is 64.8 Å². The molecular formula is C34H33F2N5O2S. The minimum Gasteiger partial charge on any atom is -0.457 e. The second-order valence-corrected chi connectivity index (χ2v) is 12.3. The lowest BCUT2D eigenvalue weighted by Gasteiger charge is -2.33. The average Bonchev–Trinajstić information content (AvgIpc) is 3.81. The van der Waals surface area contributed by atoms with Crippen molar-refractivity contribution in [3.63, 3.8) is 0 Å². The van der Waals surface area contributed by atoms with E-state index in [4.69, 9.17) is 14.7 Å². The number of fused-ring (bicyclic) bond motifs is 1. The van der Waals surface area contributed by atoms with Gasteiger partial charge in [-0.3, -0.25) is 4.40 Å². The molecule has 1 fully saturated rings. The van der Waals surface area contributed by atoms with Gasteiger partial charge >= 0.3 is 0 Å². The van der Waals surface area contributed by atoms with Crippen LogP contribution in [0.5, 0.6) is 0 Å². The Balaban J connectivity index is 1.18. The Kier molecular flexibility index (Phi) is 7.63. The van der Waals surface area contributed by atoms with Crippen molar-refractivity contribution in [2.75, 3.05) is 26.2 Å². The van der Waals surface area contributed by atoms with Crippen LogP contribution in [-0.2, 0) is 11.2 Å². The van der Waals surface area contributed by atoms with E-state index < -0.39 is 0 Å². The van der Waals surface area contributed by atoms with Crippen LogP contribution in [0.15, 0.2) is 65.1 Å². The van der Waals surface area contributed by atoms with Gasteiger partial charge in [0.15, 0.2) is 0 Å². The van der Waals surface area contributed by atoms with Crippen LogP contribution in [0.2, 0.25) is 0 Å². The summed E-state index contributed by atoms with van der Waals surface area (Å²) in [7, 11) is 0. The van der Waals surface area contributed by atoms with Crippen molar-refractivity contribution in [2.45, 2.75) is 45.1 Å². The predicted octanol–water partition coefficient (Wildman–Crippen LogP) is 6.87. The zero-order valence-corrected chi connectivity index (χ0v) is 25.5. The van der Waals surface area contributed by atoms with Gasteiger partial charge in [0, 0.05) is 41.4 Å². The zero-order chi connectivity index (χ0) is 30.4. The first kappa shape index (κ1) is 28.6. The fraction of sp³-hybridized carbons (Fsp3) is 0.324. The Morgan fingerprint density at radius 2 is 1.77 bits per heavy atom. The summed E-state index contributed by atoms with van der Waals surface area (Å²) in [5, 5.41) is 12.0. The number of hydrogen-bond donors (Lipinski definition) is 1. The largest absolute Gasteiger partial charge is 0.457 e. The molecule has 1 N–H and O–H groups in total. The molecule has 5 heterocycles. The van der Waals surface area contributed by atoms with Gasteiger partial charge in [-0.2, -0.15) is 0 Å². The van der Waals surface area contributed by atoms with Crippen LogP contribution in [0.25, 0.3) is 38.7 Å². The van der Waals surface area contributed by atoms with Gasteiger partial charge in [-0.25, -0.2) is 23.7 Å². The molecule has 2 aliphatic heterocycles. The molecule has 2 aliphatic rings. The number of aliphatic hydroxyl groups excluding tert-OH is 1. The molecular weight excluding hydrogens is 580 g/mol. The van der Waals surface area contributed by atoms with E-state index in [2.05, 4.69) is 22.2 Å². The molecule has 10 heteroatoms. The maximum Gasteiger partial charge on any atom is 0.287 e. The lowest BCUT2D eigenvalue weighted by atomic mass is 9.90. The van der Waals surface area contributed by atoms with Gasteiger partial charge in [-0.05, 0) is 79.6 Å². The molecule has 1 atom stereocenters. The molecule has 0 bridgehead atoms. The summed E-state index contributed by atoms with van der Waals surface area (Å²) >= 11 is 1.45. The number of thiazole rings is 1. The average molecular weight is 614 g/mol. The smallest absolute Gasteiger partial charge is 0.287 e. The minimum absolute atomic E-state index is 0.0251. The molecule has 2 aromatic carbocycles. The number of pyridine rings is 1. The molecule has 226 valence electrons. The number of imidazole rings is 1. The molecule has 7 rings (SSSR count). The number of hydrogen-bond acceptors (Lipinski definition) is 7. The van der Waals surface area contributed by atoms with E-state index in [0.29, 0.717) is 36.0 Å². The van der Waals surface area contributed by atoms with E-state index in [1.807, 2.05) is 34.9 Å². The Hall–Kier alpha value is -4.15. The molecule has 0 aliphatic carbocycles. The fourth-order valence-corrected chi connectivity index (χ4v) is 7.12. The number of aliphatic hydroxyl groups is 1. The first-order valence-electron chi connectivity index (χ1n) is 15.0. The van der Waals surface area contributed by atoms with Crippen LogP contribution in [0, 0.1) is 18.6 Å². The van der Waals surface area contributed by atoms with Crippen LogP contribution in [0.3, 0.4) is 0 Å². The van der Waals surface area contributed by atoms with Crippen molar-refractivity contribution in [2.24, 2.45) is 4.99 Å². The van der Waals surface area contributed by atoms with Crippen molar-refractivity contribution < 1.29 is 18.6 Å². The van der Waals surface area contributed by atoms with Gasteiger partial charge in [0.1, 0.15) is 28.4 Å². The Morgan fingerprint density at radius 3 is 2.50 bits per heavy atom. The monoisotopic (exact) mass is 613 g/mol. The summed E-state index contributed by atoms with van der Waals surface area (Å²) in [4.78, 5) is 16.2. The third kappa shape index (κ3) is 5.16. The van der Waals surface area contributed by atoms with E-state index in [1.165, 1.54) is 29.0 Å². The third-order valence-electron chi connectivity index (χ3n) is 8.71. The van der Waals surface area contributed by atoms with Crippen molar-refractivity contribution >= 4 is 23.0 Å². The van der Waals surface area contributed by atoms with Gasteiger partial charge in [0.2, 0.25) is 0 Å². The van der Waals surface area contributed by atoms with E-state index in [-0.39, 0.29) is 24.3 Å². The number of aryl methyl sites for hydroxylation is 1. The van der Waals surface area contributed by atoms with Gasteiger partial charge in [-0.15, -0.1) is 11.3 Å². The number of halogens is 2. The Bertz CT molecular complexity index is 1860. The molecule has 0 amide bonds. The van der Waals surface area contributed by atoms with Crippen LogP contribution < -0.4 is 0 Å². The molecule has 1 unspecified atom stereocenters. The highest BCUT2D eigenvalue weighted by Crippen LogP contribution is 2.37. The van der Waals surface area contributed by atoms with Crippen LogP contribution in [0.4, 0.5) is 8.78 Å². The Labute approximate surface area is 258 Å². The van der Waals surface area contributed by atoms with Crippen molar-refractivity contribution in [3.05, 3.63) is 88.6 Å². The molecule has 1 saturated heterocycles. The quantitative estimate of drug-likeness (QED) is 0.226. The number of aromatic nitrogens is 3. The molecule has 3 aromatic heterocycles. The minimum atomic E-state index is -0.295. The van der Waals surface area contributed by atoms with Crippen molar-refractivity contribution in [1.82, 2.24) is 19.3 Å². The highest BCUT2D eigenvalue weighted by atomic mass is 32.1. The highest BCUT2D eigenvalue weighted by Gasteiger charge is 2.29. The van der Waals surface area contributed by atoms with Crippen LogP contribution in [-0.4, -0.2) is 62.7 Å². The zero-order valence-electron chi connectivity index (χ0n) is 24.6. The second kappa shape index (κ2) is 11.7. The number of benzene rings is 2. The number of piperidine rings is 1. The molecule has 0 spiro atoms. The summed E-state index contributed by atoms with van der Waals surface area (Å²) in [5.41, 5.74) is 6.98. The number of likely N-dealkylation sites (tertiary alicyclic amines) is 1. The highest BCUT2D eigenvalue weighted by molar-refractivity contribution is 7.13. The maximum atomic E-state index is 16.3. The lowest BCUT2D eigenvalue weighted by molar-refractivity contribution is 0.107. The fourth-order valence-electron chi connectivity index (χ4n) is 6.21. The third-order valence-corrected chi connectivity index (χ3v) is 9.58. The van der Waals surface area contributed by atoms with Crippen molar-refractivity contribution in [1.29, 1.82) is 0 Å². The standard InChI is InChI=1S/C34H33F2N5O2S/c1-3-28-32(27-10-9-26(20(2)31(27)36)33-39-29(19-44-33)22-4-7-24(35)8-5-22)41-17-23(6-11-30(41)38-28)21-12-14-40(15-13-21)34-37-16-25(18-42)43-34/h4-11,17,19,21,25,42H,3,12-16,18H2,1-2H3. The summed E-state index contributed by atoms with van der Waals surface area (Å²) in [6.07, 6.45) is 4.45. The molecule has 0 saturated carbocycles. The molecule has 7 nitrogen and oxygen atoms in total. The van der Waals surface area contributed by atoms with E-state index >= 15 is 4.39 Å². The van der Waals surface area contributed by atoms with Crippen LogP contribution >= 0.6 is 11.3 Å². The topological polar surface area (TPSA) is 75.2 Å². The number of rotatable bonds is 6. The summed E-state index contributed by atoms with van der Waals surface area (Å²) in [6.45, 7) is 5.97. The van der Waals surface area contributed by atoms with Crippen LogP contribution in [0.1, 0.15) is 42.5 Å². The van der Waals surface area contributed by atoms with Gasteiger partial charge in [-0.1, -0.05) is 19.1 Å². The molecule has 44 heavy (non-hydrogen) atoms. The number of aliphatic imine (C=N–C) groups is 1. The molecule has 5 aromatic rings. The maximum absolute atomic E-state index is 16.3. The number of amidine groups is 1. The normalized spacial score (nSPS) is 17.3. The first-order valence-corrected chi connectivity index (χ1v) is 15.9. The van der Waals surface area contributed by atoms with E-state index in [1.54, 1.807) is 19.1 Å². The van der Waals surface area contributed by atoms with Gasteiger partial charge in [0.05, 0.1) is 30.2 Å². The summed E-state index contributed by atoms with van der Waals surface area (Å²) in [5.74, 6) is -0.230. The second-order valence-electron chi connectivity index (χ2n) is 11.4. The Morgan fingerprint density at radius 1 is 1.00 bits per heavy atom. The van der Waals surface area contributed by atoms with Gasteiger partial charge in [0.25, 0.3) is 6.02 Å². The summed E-state index contributed by atoms with van der Waals surface area (Å²) in [6, 6.07) is 14.8. The lowest BCUT2D eigenvalue weighted by Crippen LogP contribution is -2.39. The number of ether oxygens (including phenoxy) is 1. The predicted molar refractivity (Wildman–Crippen MR) is 169 cm³/mol. The number of nitrogens with zero attached hydrogens (tertiary/aromatic N) is 5. The first-order chi connectivity index (χ1) is 21.4. The SMILES string of the molecule is CCc1nc2ccc(C3CCN(C4=NCC(CO)O4)CC3)cn2c1-c1ccc(-c2nc(-c3ccc(F)cc3)cs2)c(C)c1F. The van der Waals surface area contributed by atoms with Gasteiger partial charge < -0.3 is 14.7 Å².